The number of piperidine rings is 1. The Bertz CT molecular complexity index is 378. The molecule has 17 heavy (non-hydrogen) atoms. The zero-order valence-electron chi connectivity index (χ0n) is 10.6. The van der Waals surface area contributed by atoms with Crippen molar-refractivity contribution in [3.8, 4) is 5.75 Å². The Hall–Kier alpha value is -1.06. The van der Waals surface area contributed by atoms with Crippen molar-refractivity contribution in [1.29, 1.82) is 0 Å². The number of aryl methyl sites for hydroxylation is 1. The molecule has 0 saturated carbocycles. The number of rotatable bonds is 3. The van der Waals surface area contributed by atoms with E-state index in [1.807, 2.05) is 6.07 Å². The van der Waals surface area contributed by atoms with Gasteiger partial charge in [0.25, 0.3) is 0 Å². The zero-order valence-corrected chi connectivity index (χ0v) is 10.6. The third kappa shape index (κ3) is 3.20. The summed E-state index contributed by atoms with van der Waals surface area (Å²) in [5.41, 5.74) is 2.21. The van der Waals surface area contributed by atoms with E-state index >= 15 is 0 Å². The largest absolute Gasteiger partial charge is 0.508 e. The number of benzene rings is 1. The van der Waals surface area contributed by atoms with Crippen molar-refractivity contribution >= 4 is 0 Å². The molecule has 0 aromatic heterocycles. The quantitative estimate of drug-likeness (QED) is 0.872. The van der Waals surface area contributed by atoms with Crippen LogP contribution in [-0.4, -0.2) is 36.3 Å². The van der Waals surface area contributed by atoms with E-state index in [0.29, 0.717) is 11.9 Å². The van der Waals surface area contributed by atoms with Gasteiger partial charge in [-0.25, -0.2) is 0 Å². The Labute approximate surface area is 103 Å². The summed E-state index contributed by atoms with van der Waals surface area (Å²) in [5.74, 6) is 0.398. The van der Waals surface area contributed by atoms with Crippen LogP contribution >= 0.6 is 0 Å². The number of nitrogens with zero attached hydrogens (tertiary/aromatic N) is 1. The summed E-state index contributed by atoms with van der Waals surface area (Å²) in [5, 5.41) is 9.83. The van der Waals surface area contributed by atoms with Crippen LogP contribution in [0.4, 0.5) is 0 Å². The van der Waals surface area contributed by atoms with Crippen LogP contribution in [0.25, 0.3) is 0 Å². The normalized spacial score (nSPS) is 21.6. The lowest BCUT2D eigenvalue weighted by Crippen LogP contribution is -2.38. The van der Waals surface area contributed by atoms with Gasteiger partial charge in [0, 0.05) is 25.8 Å². The van der Waals surface area contributed by atoms with Gasteiger partial charge < -0.3 is 9.84 Å². The second kappa shape index (κ2) is 5.52. The second-order valence-electron chi connectivity index (χ2n) is 4.87. The first-order valence-electron chi connectivity index (χ1n) is 6.22. The smallest absolute Gasteiger partial charge is 0.120 e. The third-order valence-electron chi connectivity index (χ3n) is 3.42. The van der Waals surface area contributed by atoms with Crippen LogP contribution in [0.2, 0.25) is 0 Å². The first-order chi connectivity index (χ1) is 8.19. The number of phenolic OH excluding ortho intramolecular Hbond substituents is 1. The van der Waals surface area contributed by atoms with Crippen molar-refractivity contribution in [1.82, 2.24) is 4.90 Å². The first kappa shape index (κ1) is 12.4. The fourth-order valence-electron chi connectivity index (χ4n) is 2.43. The Balaban J connectivity index is 2.02. The number of likely N-dealkylation sites (tertiary alicyclic amines) is 1. The van der Waals surface area contributed by atoms with Crippen molar-refractivity contribution in [2.75, 3.05) is 20.2 Å². The lowest BCUT2D eigenvalue weighted by atomic mass is 10.1. The summed E-state index contributed by atoms with van der Waals surface area (Å²) >= 11 is 0. The molecule has 1 heterocycles. The summed E-state index contributed by atoms with van der Waals surface area (Å²) in [6.07, 6.45) is 2.66. The fraction of sp³-hybridized carbons (Fsp3) is 0.571. The summed E-state index contributed by atoms with van der Waals surface area (Å²) in [7, 11) is 1.78. The average molecular weight is 235 g/mol. The number of phenols is 1. The number of ether oxygens (including phenoxy) is 1. The molecule has 1 aliphatic rings. The maximum absolute atomic E-state index is 9.83. The van der Waals surface area contributed by atoms with Gasteiger partial charge in [0.15, 0.2) is 0 Å². The Morgan fingerprint density at radius 3 is 3.06 bits per heavy atom. The van der Waals surface area contributed by atoms with Crippen LogP contribution in [-0.2, 0) is 11.3 Å². The molecule has 0 spiro atoms. The molecule has 0 aliphatic carbocycles. The van der Waals surface area contributed by atoms with Crippen LogP contribution in [0, 0.1) is 6.92 Å². The highest BCUT2D eigenvalue weighted by Crippen LogP contribution is 2.22. The van der Waals surface area contributed by atoms with E-state index in [1.54, 1.807) is 13.2 Å². The monoisotopic (exact) mass is 235 g/mol. The van der Waals surface area contributed by atoms with E-state index in [-0.39, 0.29) is 0 Å². The summed E-state index contributed by atoms with van der Waals surface area (Å²) in [6.45, 7) is 4.92. The van der Waals surface area contributed by atoms with Gasteiger partial charge in [-0.15, -0.1) is 0 Å². The van der Waals surface area contributed by atoms with Gasteiger partial charge in [-0.3, -0.25) is 4.90 Å². The molecule has 3 heteroatoms. The Kier molecular flexibility index (Phi) is 4.02. The number of hydrogen-bond acceptors (Lipinski definition) is 3. The Morgan fingerprint density at radius 2 is 2.29 bits per heavy atom. The van der Waals surface area contributed by atoms with Gasteiger partial charge in [-0.2, -0.15) is 0 Å². The highest BCUT2D eigenvalue weighted by molar-refractivity contribution is 5.35. The lowest BCUT2D eigenvalue weighted by Gasteiger charge is -2.32. The molecule has 1 aliphatic heterocycles. The fourth-order valence-corrected chi connectivity index (χ4v) is 2.43. The van der Waals surface area contributed by atoms with Gasteiger partial charge in [-0.1, -0.05) is 17.7 Å². The number of hydrogen-bond donors (Lipinski definition) is 1. The molecule has 1 atom stereocenters. The number of aromatic hydroxyl groups is 1. The van der Waals surface area contributed by atoms with Gasteiger partial charge in [0.05, 0.1) is 6.10 Å². The SMILES string of the molecule is COC1CCCN(Cc2cc(C)ccc2O)C1. The predicted molar refractivity (Wildman–Crippen MR) is 68.2 cm³/mol. The van der Waals surface area contributed by atoms with Crippen molar-refractivity contribution < 1.29 is 9.84 Å². The molecule has 1 N–H and O–H groups in total. The molecule has 0 amide bonds. The van der Waals surface area contributed by atoms with E-state index in [4.69, 9.17) is 4.74 Å². The first-order valence-corrected chi connectivity index (χ1v) is 6.22. The lowest BCUT2D eigenvalue weighted by molar-refractivity contribution is 0.0283. The van der Waals surface area contributed by atoms with Crippen LogP contribution in [0.3, 0.4) is 0 Å². The van der Waals surface area contributed by atoms with E-state index in [2.05, 4.69) is 17.9 Å². The maximum atomic E-state index is 9.83. The predicted octanol–water partition coefficient (Wildman–Crippen LogP) is 2.31. The van der Waals surface area contributed by atoms with E-state index in [0.717, 1.165) is 31.6 Å². The minimum Gasteiger partial charge on any atom is -0.508 e. The topological polar surface area (TPSA) is 32.7 Å². The molecule has 1 saturated heterocycles. The molecule has 0 bridgehead atoms. The van der Waals surface area contributed by atoms with Crippen LogP contribution in [0.5, 0.6) is 5.75 Å². The van der Waals surface area contributed by atoms with Crippen molar-refractivity contribution in [3.63, 3.8) is 0 Å². The van der Waals surface area contributed by atoms with E-state index in [1.165, 1.54) is 12.0 Å². The van der Waals surface area contributed by atoms with Gasteiger partial charge in [-0.05, 0) is 32.4 Å². The molecule has 1 aromatic rings. The van der Waals surface area contributed by atoms with E-state index in [9.17, 15) is 5.11 Å². The molecule has 1 unspecified atom stereocenters. The molecule has 3 nitrogen and oxygen atoms in total. The molecule has 1 fully saturated rings. The number of methoxy groups -OCH3 is 1. The van der Waals surface area contributed by atoms with Crippen molar-refractivity contribution in [2.45, 2.75) is 32.4 Å². The minimum absolute atomic E-state index is 0.343. The highest BCUT2D eigenvalue weighted by atomic mass is 16.5. The molecule has 2 rings (SSSR count). The molecule has 94 valence electrons. The molecular formula is C14H21NO2. The van der Waals surface area contributed by atoms with Crippen molar-refractivity contribution in [3.05, 3.63) is 29.3 Å². The maximum Gasteiger partial charge on any atom is 0.120 e. The standard InChI is InChI=1S/C14H21NO2/c1-11-5-6-14(16)12(8-11)9-15-7-3-4-13(10-15)17-2/h5-6,8,13,16H,3-4,7,9-10H2,1-2H3. The van der Waals surface area contributed by atoms with Crippen LogP contribution in [0.15, 0.2) is 18.2 Å². The summed E-state index contributed by atoms with van der Waals surface area (Å²) < 4.78 is 5.41. The molecular weight excluding hydrogens is 214 g/mol. The summed E-state index contributed by atoms with van der Waals surface area (Å²) in [4.78, 5) is 2.35. The molecule has 0 radical (unpaired) electrons. The molecule has 1 aromatic carbocycles. The van der Waals surface area contributed by atoms with Gasteiger partial charge >= 0.3 is 0 Å². The van der Waals surface area contributed by atoms with Crippen LogP contribution < -0.4 is 0 Å². The van der Waals surface area contributed by atoms with Gasteiger partial charge in [0.1, 0.15) is 5.75 Å². The Morgan fingerprint density at radius 1 is 1.47 bits per heavy atom. The summed E-state index contributed by atoms with van der Waals surface area (Å²) in [6, 6.07) is 5.78. The average Bonchev–Trinajstić information content (AvgIpc) is 2.34. The van der Waals surface area contributed by atoms with E-state index < -0.39 is 0 Å². The van der Waals surface area contributed by atoms with Crippen molar-refractivity contribution in [2.24, 2.45) is 0 Å². The third-order valence-corrected chi connectivity index (χ3v) is 3.42. The van der Waals surface area contributed by atoms with Crippen LogP contribution in [0.1, 0.15) is 24.0 Å². The highest BCUT2D eigenvalue weighted by Gasteiger charge is 2.20. The minimum atomic E-state index is 0.343. The zero-order chi connectivity index (χ0) is 12.3. The second-order valence-corrected chi connectivity index (χ2v) is 4.87. The van der Waals surface area contributed by atoms with Gasteiger partial charge in [0.2, 0.25) is 0 Å².